The third-order valence-corrected chi connectivity index (χ3v) is 3.43. The van der Waals surface area contributed by atoms with Crippen molar-refractivity contribution in [3.63, 3.8) is 0 Å². The SMILES string of the molecule is CCCN1CCCC(O)(c2ccco2)CC1. The molecule has 0 radical (unpaired) electrons. The van der Waals surface area contributed by atoms with Crippen LogP contribution in [0.15, 0.2) is 22.8 Å². The van der Waals surface area contributed by atoms with E-state index in [1.54, 1.807) is 6.26 Å². The molecule has 1 aliphatic heterocycles. The zero-order valence-electron chi connectivity index (χ0n) is 9.98. The van der Waals surface area contributed by atoms with Crippen molar-refractivity contribution in [2.45, 2.75) is 38.2 Å². The molecule has 3 nitrogen and oxygen atoms in total. The number of hydrogen-bond acceptors (Lipinski definition) is 3. The number of hydrogen-bond donors (Lipinski definition) is 1. The minimum absolute atomic E-state index is 0.728. The number of furan rings is 1. The summed E-state index contributed by atoms with van der Waals surface area (Å²) < 4.78 is 5.36. The lowest BCUT2D eigenvalue weighted by molar-refractivity contribution is 0.000439. The van der Waals surface area contributed by atoms with E-state index in [0.29, 0.717) is 0 Å². The second kappa shape index (κ2) is 5.02. The zero-order chi connectivity index (χ0) is 11.4. The quantitative estimate of drug-likeness (QED) is 0.854. The second-order valence-corrected chi connectivity index (χ2v) is 4.70. The maximum Gasteiger partial charge on any atom is 0.135 e. The Hall–Kier alpha value is -0.800. The molecule has 16 heavy (non-hydrogen) atoms. The molecule has 1 saturated heterocycles. The fraction of sp³-hybridized carbons (Fsp3) is 0.692. The van der Waals surface area contributed by atoms with Crippen molar-refractivity contribution >= 4 is 0 Å². The van der Waals surface area contributed by atoms with Gasteiger partial charge in [-0.3, -0.25) is 0 Å². The first kappa shape index (κ1) is 11.7. The molecule has 0 spiro atoms. The van der Waals surface area contributed by atoms with E-state index in [9.17, 15) is 5.11 Å². The van der Waals surface area contributed by atoms with Crippen molar-refractivity contribution in [3.05, 3.63) is 24.2 Å². The van der Waals surface area contributed by atoms with Crippen molar-refractivity contribution in [2.75, 3.05) is 19.6 Å². The number of nitrogens with zero attached hydrogens (tertiary/aromatic N) is 1. The van der Waals surface area contributed by atoms with Gasteiger partial charge >= 0.3 is 0 Å². The highest BCUT2D eigenvalue weighted by molar-refractivity contribution is 5.09. The van der Waals surface area contributed by atoms with Crippen LogP contribution in [0.1, 0.15) is 38.4 Å². The Morgan fingerprint density at radius 2 is 2.31 bits per heavy atom. The van der Waals surface area contributed by atoms with Crippen molar-refractivity contribution in [3.8, 4) is 0 Å². The topological polar surface area (TPSA) is 36.6 Å². The second-order valence-electron chi connectivity index (χ2n) is 4.70. The van der Waals surface area contributed by atoms with Crippen LogP contribution in [0.25, 0.3) is 0 Å². The number of rotatable bonds is 3. The van der Waals surface area contributed by atoms with E-state index in [4.69, 9.17) is 4.42 Å². The van der Waals surface area contributed by atoms with Gasteiger partial charge in [0.05, 0.1) is 6.26 Å². The predicted octanol–water partition coefficient (Wildman–Crippen LogP) is 2.36. The molecule has 0 aliphatic carbocycles. The van der Waals surface area contributed by atoms with E-state index in [0.717, 1.165) is 44.7 Å². The Balaban J connectivity index is 2.02. The molecular weight excluding hydrogens is 202 g/mol. The van der Waals surface area contributed by atoms with Gasteiger partial charge in [0, 0.05) is 6.54 Å². The van der Waals surface area contributed by atoms with Crippen LogP contribution in [-0.2, 0) is 5.60 Å². The molecule has 1 N–H and O–H groups in total. The van der Waals surface area contributed by atoms with E-state index in [-0.39, 0.29) is 0 Å². The van der Waals surface area contributed by atoms with E-state index >= 15 is 0 Å². The van der Waals surface area contributed by atoms with Gasteiger partial charge in [0.15, 0.2) is 0 Å². The Bertz CT molecular complexity index is 310. The van der Waals surface area contributed by atoms with Crippen molar-refractivity contribution < 1.29 is 9.52 Å². The van der Waals surface area contributed by atoms with Crippen LogP contribution in [0.2, 0.25) is 0 Å². The van der Waals surface area contributed by atoms with Crippen LogP contribution >= 0.6 is 0 Å². The lowest BCUT2D eigenvalue weighted by Crippen LogP contribution is -2.29. The monoisotopic (exact) mass is 223 g/mol. The van der Waals surface area contributed by atoms with Gasteiger partial charge in [-0.25, -0.2) is 0 Å². The molecule has 0 aromatic carbocycles. The lowest BCUT2D eigenvalue weighted by Gasteiger charge is -2.24. The average molecular weight is 223 g/mol. The van der Waals surface area contributed by atoms with Gasteiger partial charge in [-0.1, -0.05) is 6.92 Å². The average Bonchev–Trinajstić information content (AvgIpc) is 2.74. The Kier molecular flexibility index (Phi) is 3.66. The Morgan fingerprint density at radius 1 is 1.44 bits per heavy atom. The van der Waals surface area contributed by atoms with E-state index in [1.165, 1.54) is 6.42 Å². The first-order valence-corrected chi connectivity index (χ1v) is 6.23. The molecule has 2 rings (SSSR count). The third-order valence-electron chi connectivity index (χ3n) is 3.43. The standard InChI is InChI=1S/C13H21NO2/c1-2-8-14-9-4-6-13(15,7-10-14)12-5-3-11-16-12/h3,5,11,15H,2,4,6-10H2,1H3. The molecule has 0 saturated carbocycles. The minimum atomic E-state index is -0.744. The summed E-state index contributed by atoms with van der Waals surface area (Å²) in [5.74, 6) is 0.728. The highest BCUT2D eigenvalue weighted by Crippen LogP contribution is 2.32. The van der Waals surface area contributed by atoms with Gasteiger partial charge in [-0.15, -0.1) is 0 Å². The van der Waals surface area contributed by atoms with Gasteiger partial charge in [-0.2, -0.15) is 0 Å². The van der Waals surface area contributed by atoms with Gasteiger partial charge in [-0.05, 0) is 50.9 Å². The predicted molar refractivity (Wildman–Crippen MR) is 63.2 cm³/mol. The largest absolute Gasteiger partial charge is 0.466 e. The molecule has 1 aromatic heterocycles. The lowest BCUT2D eigenvalue weighted by atomic mass is 9.92. The first-order chi connectivity index (χ1) is 7.74. The smallest absolute Gasteiger partial charge is 0.135 e. The maximum absolute atomic E-state index is 10.6. The van der Waals surface area contributed by atoms with Gasteiger partial charge in [0.25, 0.3) is 0 Å². The molecule has 3 heteroatoms. The van der Waals surface area contributed by atoms with Crippen molar-refractivity contribution in [2.24, 2.45) is 0 Å². The van der Waals surface area contributed by atoms with E-state index in [2.05, 4.69) is 11.8 Å². The minimum Gasteiger partial charge on any atom is -0.466 e. The van der Waals surface area contributed by atoms with Crippen LogP contribution in [0.5, 0.6) is 0 Å². The van der Waals surface area contributed by atoms with Crippen LogP contribution in [-0.4, -0.2) is 29.6 Å². The fourth-order valence-corrected chi connectivity index (χ4v) is 2.50. The van der Waals surface area contributed by atoms with Crippen molar-refractivity contribution in [1.82, 2.24) is 4.90 Å². The van der Waals surface area contributed by atoms with Crippen LogP contribution < -0.4 is 0 Å². The highest BCUT2D eigenvalue weighted by Gasteiger charge is 2.34. The Morgan fingerprint density at radius 3 is 3.00 bits per heavy atom. The summed E-state index contributed by atoms with van der Waals surface area (Å²) >= 11 is 0. The molecule has 1 unspecified atom stereocenters. The molecule has 0 bridgehead atoms. The van der Waals surface area contributed by atoms with Crippen molar-refractivity contribution in [1.29, 1.82) is 0 Å². The fourth-order valence-electron chi connectivity index (χ4n) is 2.50. The Labute approximate surface area is 97.1 Å². The van der Waals surface area contributed by atoms with E-state index < -0.39 is 5.60 Å². The number of aliphatic hydroxyl groups is 1. The maximum atomic E-state index is 10.6. The molecular formula is C13H21NO2. The summed E-state index contributed by atoms with van der Waals surface area (Å²) in [4.78, 5) is 2.43. The summed E-state index contributed by atoms with van der Waals surface area (Å²) in [6.07, 6.45) is 5.44. The molecule has 90 valence electrons. The summed E-state index contributed by atoms with van der Waals surface area (Å²) in [5, 5.41) is 10.6. The van der Waals surface area contributed by atoms with Crippen LogP contribution in [0, 0.1) is 0 Å². The summed E-state index contributed by atoms with van der Waals surface area (Å²) in [6, 6.07) is 3.73. The van der Waals surface area contributed by atoms with Gasteiger partial charge < -0.3 is 14.4 Å². The van der Waals surface area contributed by atoms with Gasteiger partial charge in [0.1, 0.15) is 11.4 Å². The molecule has 1 atom stereocenters. The molecule has 2 heterocycles. The van der Waals surface area contributed by atoms with Crippen LogP contribution in [0.3, 0.4) is 0 Å². The highest BCUT2D eigenvalue weighted by atomic mass is 16.4. The molecule has 0 amide bonds. The molecule has 1 aliphatic rings. The zero-order valence-corrected chi connectivity index (χ0v) is 9.98. The summed E-state index contributed by atoms with van der Waals surface area (Å²) in [6.45, 7) is 5.39. The summed E-state index contributed by atoms with van der Waals surface area (Å²) in [5.41, 5.74) is -0.744. The summed E-state index contributed by atoms with van der Waals surface area (Å²) in [7, 11) is 0. The third kappa shape index (κ3) is 2.47. The molecule has 1 aromatic rings. The normalized spacial score (nSPS) is 27.9. The van der Waals surface area contributed by atoms with Crippen LogP contribution in [0.4, 0.5) is 0 Å². The van der Waals surface area contributed by atoms with E-state index in [1.807, 2.05) is 12.1 Å². The number of likely N-dealkylation sites (tertiary alicyclic amines) is 1. The molecule has 1 fully saturated rings. The van der Waals surface area contributed by atoms with Gasteiger partial charge in [0.2, 0.25) is 0 Å². The first-order valence-electron chi connectivity index (χ1n) is 6.23.